The van der Waals surface area contributed by atoms with Crippen LogP contribution in [0.2, 0.25) is 0 Å². The number of rotatable bonds is 2. The van der Waals surface area contributed by atoms with Crippen LogP contribution in [0.3, 0.4) is 0 Å². The van der Waals surface area contributed by atoms with Crippen molar-refractivity contribution in [2.24, 2.45) is 7.05 Å². The summed E-state index contributed by atoms with van der Waals surface area (Å²) in [5.74, 6) is -1.16. The number of aromatic nitrogens is 3. The lowest BCUT2D eigenvalue weighted by atomic mass is 10.1. The van der Waals surface area contributed by atoms with Crippen molar-refractivity contribution in [3.05, 3.63) is 34.5 Å². The summed E-state index contributed by atoms with van der Waals surface area (Å²) < 4.78 is 1.74. The number of hydrogen-bond donors (Lipinski definition) is 3. The second-order valence-electron chi connectivity index (χ2n) is 3.20. The number of carboxylic acid groups (broad SMARTS) is 1. The first kappa shape index (κ1) is 9.32. The Morgan fingerprint density at radius 1 is 1.47 bits per heavy atom. The molecule has 0 aromatic carbocycles. The Hall–Kier alpha value is -2.24. The molecule has 0 spiro atoms. The van der Waals surface area contributed by atoms with E-state index in [4.69, 9.17) is 5.11 Å². The third-order valence-corrected chi connectivity index (χ3v) is 2.11. The van der Waals surface area contributed by atoms with Gasteiger partial charge in [0.2, 0.25) is 0 Å². The van der Waals surface area contributed by atoms with E-state index in [9.17, 15) is 9.59 Å². The van der Waals surface area contributed by atoms with E-state index in [0.717, 1.165) is 0 Å². The maximum absolute atomic E-state index is 11.4. The Morgan fingerprint density at radius 2 is 2.20 bits per heavy atom. The molecule has 0 aliphatic heterocycles. The number of hydrogen-bond acceptors (Lipinski definition) is 2. The zero-order valence-electron chi connectivity index (χ0n) is 7.94. The highest BCUT2D eigenvalue weighted by atomic mass is 16.4. The molecule has 0 aliphatic carbocycles. The predicted octanol–water partition coefficient (Wildman–Crippen LogP) is 0.407. The van der Waals surface area contributed by atoms with Crippen LogP contribution < -0.4 is 5.56 Å². The average Bonchev–Trinajstić information content (AvgIpc) is 2.71. The predicted molar refractivity (Wildman–Crippen MR) is 52.8 cm³/mol. The van der Waals surface area contributed by atoms with Gasteiger partial charge in [-0.25, -0.2) is 4.79 Å². The minimum atomic E-state index is -1.16. The van der Waals surface area contributed by atoms with Crippen molar-refractivity contribution < 1.29 is 9.90 Å². The van der Waals surface area contributed by atoms with Gasteiger partial charge in [-0.2, -0.15) is 0 Å². The van der Waals surface area contributed by atoms with Crippen molar-refractivity contribution >= 4 is 5.97 Å². The van der Waals surface area contributed by atoms with Gasteiger partial charge in [0, 0.05) is 25.0 Å². The quantitative estimate of drug-likeness (QED) is 0.665. The van der Waals surface area contributed by atoms with E-state index < -0.39 is 11.5 Å². The first-order valence-corrected chi connectivity index (χ1v) is 4.26. The van der Waals surface area contributed by atoms with Crippen LogP contribution in [0.5, 0.6) is 0 Å². The van der Waals surface area contributed by atoms with E-state index in [1.165, 1.54) is 0 Å². The SMILES string of the molecule is Cn1ccc(-c2c(C(=O)O)[nH][nH]c2=O)c1. The van der Waals surface area contributed by atoms with Gasteiger partial charge in [-0.15, -0.1) is 0 Å². The number of nitrogens with zero attached hydrogens (tertiary/aromatic N) is 1. The second-order valence-corrected chi connectivity index (χ2v) is 3.20. The summed E-state index contributed by atoms with van der Waals surface area (Å²) in [5, 5.41) is 13.4. The molecular formula is C9H9N3O3. The van der Waals surface area contributed by atoms with Gasteiger partial charge in [0.1, 0.15) is 0 Å². The van der Waals surface area contributed by atoms with E-state index in [-0.39, 0.29) is 11.3 Å². The summed E-state index contributed by atoms with van der Waals surface area (Å²) in [6, 6.07) is 1.69. The third kappa shape index (κ3) is 1.45. The van der Waals surface area contributed by atoms with Crippen LogP contribution in [0.4, 0.5) is 0 Å². The molecule has 0 atom stereocenters. The second kappa shape index (κ2) is 3.16. The van der Waals surface area contributed by atoms with Gasteiger partial charge in [0.15, 0.2) is 5.69 Å². The smallest absolute Gasteiger partial charge is 0.354 e. The highest BCUT2D eigenvalue weighted by Gasteiger charge is 2.18. The molecule has 0 unspecified atom stereocenters. The molecule has 0 saturated carbocycles. The Bertz CT molecular complexity index is 561. The first-order valence-electron chi connectivity index (χ1n) is 4.26. The first-order chi connectivity index (χ1) is 7.09. The molecule has 0 aliphatic rings. The largest absolute Gasteiger partial charge is 0.477 e. The van der Waals surface area contributed by atoms with Crippen LogP contribution in [0, 0.1) is 0 Å². The molecule has 2 aromatic heterocycles. The molecule has 3 N–H and O–H groups in total. The molecular weight excluding hydrogens is 198 g/mol. The van der Waals surface area contributed by atoms with Gasteiger partial charge in [-0.3, -0.25) is 15.0 Å². The lowest BCUT2D eigenvalue weighted by Crippen LogP contribution is -2.04. The summed E-state index contributed by atoms with van der Waals surface area (Å²) >= 11 is 0. The number of H-pyrrole nitrogens is 2. The highest BCUT2D eigenvalue weighted by molar-refractivity contribution is 5.93. The Morgan fingerprint density at radius 3 is 2.73 bits per heavy atom. The molecule has 2 aromatic rings. The molecule has 6 nitrogen and oxygen atoms in total. The topological polar surface area (TPSA) is 90.9 Å². The average molecular weight is 207 g/mol. The van der Waals surface area contributed by atoms with E-state index >= 15 is 0 Å². The summed E-state index contributed by atoms with van der Waals surface area (Å²) in [6.45, 7) is 0. The van der Waals surface area contributed by atoms with Crippen LogP contribution in [-0.2, 0) is 7.05 Å². The van der Waals surface area contributed by atoms with E-state index in [1.807, 2.05) is 0 Å². The fraction of sp³-hybridized carbons (Fsp3) is 0.111. The van der Waals surface area contributed by atoms with Gasteiger partial charge in [0.25, 0.3) is 5.56 Å². The highest BCUT2D eigenvalue weighted by Crippen LogP contribution is 2.18. The Labute approximate surface area is 84.2 Å². The number of aromatic carboxylic acids is 1. The van der Waals surface area contributed by atoms with Gasteiger partial charge < -0.3 is 9.67 Å². The zero-order valence-corrected chi connectivity index (χ0v) is 7.94. The Balaban J connectivity index is 2.66. The summed E-state index contributed by atoms with van der Waals surface area (Å²) in [7, 11) is 1.80. The van der Waals surface area contributed by atoms with E-state index in [2.05, 4.69) is 10.2 Å². The van der Waals surface area contributed by atoms with Gasteiger partial charge in [-0.05, 0) is 6.07 Å². The standard InChI is InChI=1S/C9H9N3O3/c1-12-3-2-5(4-12)6-7(9(14)15)10-11-8(6)13/h2-4H,1H3,(H,14,15)(H2,10,11,13). The van der Waals surface area contributed by atoms with Crippen molar-refractivity contribution in [1.29, 1.82) is 0 Å². The van der Waals surface area contributed by atoms with Crippen LogP contribution in [-0.4, -0.2) is 25.8 Å². The molecule has 0 radical (unpaired) electrons. The number of carboxylic acids is 1. The normalized spacial score (nSPS) is 10.5. The summed E-state index contributed by atoms with van der Waals surface area (Å²) in [4.78, 5) is 22.2. The van der Waals surface area contributed by atoms with Gasteiger partial charge in [-0.1, -0.05) is 0 Å². The minimum Gasteiger partial charge on any atom is -0.477 e. The van der Waals surface area contributed by atoms with Crippen molar-refractivity contribution in [3.8, 4) is 11.1 Å². The summed E-state index contributed by atoms with van der Waals surface area (Å²) in [5.41, 5.74) is 0.185. The Kier molecular flexibility index (Phi) is 1.96. The van der Waals surface area contributed by atoms with Gasteiger partial charge >= 0.3 is 5.97 Å². The number of aromatic amines is 2. The van der Waals surface area contributed by atoms with Crippen molar-refractivity contribution in [2.45, 2.75) is 0 Å². The fourth-order valence-corrected chi connectivity index (χ4v) is 1.44. The number of carbonyl (C=O) groups is 1. The van der Waals surface area contributed by atoms with E-state index in [0.29, 0.717) is 5.56 Å². The van der Waals surface area contributed by atoms with E-state index in [1.54, 1.807) is 30.1 Å². The van der Waals surface area contributed by atoms with Crippen molar-refractivity contribution in [1.82, 2.24) is 14.8 Å². The van der Waals surface area contributed by atoms with Crippen LogP contribution in [0.1, 0.15) is 10.5 Å². The summed E-state index contributed by atoms with van der Waals surface area (Å²) in [6.07, 6.45) is 3.43. The third-order valence-electron chi connectivity index (χ3n) is 2.11. The molecule has 6 heteroatoms. The molecule has 2 rings (SSSR count). The van der Waals surface area contributed by atoms with Crippen LogP contribution in [0.25, 0.3) is 11.1 Å². The monoisotopic (exact) mass is 207 g/mol. The lowest BCUT2D eigenvalue weighted by molar-refractivity contribution is 0.0691. The van der Waals surface area contributed by atoms with Crippen LogP contribution in [0.15, 0.2) is 23.3 Å². The lowest BCUT2D eigenvalue weighted by Gasteiger charge is -1.93. The van der Waals surface area contributed by atoms with Gasteiger partial charge in [0.05, 0.1) is 5.56 Å². The number of aryl methyl sites for hydroxylation is 1. The minimum absolute atomic E-state index is 0.119. The maximum Gasteiger partial charge on any atom is 0.354 e. The maximum atomic E-state index is 11.4. The molecule has 78 valence electrons. The molecule has 0 saturated heterocycles. The zero-order chi connectivity index (χ0) is 11.0. The van der Waals surface area contributed by atoms with Crippen molar-refractivity contribution in [3.63, 3.8) is 0 Å². The fourth-order valence-electron chi connectivity index (χ4n) is 1.44. The van der Waals surface area contributed by atoms with Crippen LogP contribution >= 0.6 is 0 Å². The molecule has 0 fully saturated rings. The molecule has 2 heterocycles. The molecule has 0 bridgehead atoms. The number of nitrogens with one attached hydrogen (secondary N) is 2. The molecule has 15 heavy (non-hydrogen) atoms. The molecule has 0 amide bonds. The van der Waals surface area contributed by atoms with Crippen molar-refractivity contribution in [2.75, 3.05) is 0 Å².